The minimum atomic E-state index is 0.354. The van der Waals surface area contributed by atoms with Crippen molar-refractivity contribution in [2.24, 2.45) is 0 Å². The van der Waals surface area contributed by atoms with E-state index in [1.165, 1.54) is 5.69 Å². The number of aromatic nitrogens is 5. The van der Waals surface area contributed by atoms with Gasteiger partial charge in [0.2, 0.25) is 0 Å². The van der Waals surface area contributed by atoms with E-state index in [4.69, 9.17) is 9.72 Å². The van der Waals surface area contributed by atoms with E-state index >= 15 is 0 Å². The number of hydrogen-bond acceptors (Lipinski definition) is 4. The number of nitrogens with zero attached hydrogens (tertiary/aromatic N) is 5. The summed E-state index contributed by atoms with van der Waals surface area (Å²) in [5.41, 5.74) is 4.26. The Hall–Kier alpha value is -2.99. The van der Waals surface area contributed by atoms with Crippen LogP contribution in [0.4, 0.5) is 0 Å². The summed E-state index contributed by atoms with van der Waals surface area (Å²) < 4.78 is 9.88. The van der Waals surface area contributed by atoms with Gasteiger partial charge in [0, 0.05) is 24.3 Å². The summed E-state index contributed by atoms with van der Waals surface area (Å²) in [5.74, 6) is 1.25. The van der Waals surface area contributed by atoms with Crippen LogP contribution in [0.25, 0.3) is 16.9 Å². The highest BCUT2D eigenvalue weighted by molar-refractivity contribution is 5.62. The molecule has 1 fully saturated rings. The molecule has 0 saturated carbocycles. The molecule has 130 valence electrons. The Bertz CT molecular complexity index is 1030. The third-order valence-electron chi connectivity index (χ3n) is 4.94. The fourth-order valence-corrected chi connectivity index (χ4v) is 3.67. The van der Waals surface area contributed by atoms with Crippen LogP contribution in [0, 0.1) is 0 Å². The normalized spacial score (nSPS) is 17.2. The third kappa shape index (κ3) is 2.59. The zero-order chi connectivity index (χ0) is 17.3. The fraction of sp³-hybridized carbons (Fsp3) is 0.250. The monoisotopic (exact) mass is 345 g/mol. The first-order valence-corrected chi connectivity index (χ1v) is 8.87. The maximum Gasteiger partial charge on any atom is 0.160 e. The Morgan fingerprint density at radius 2 is 1.92 bits per heavy atom. The van der Waals surface area contributed by atoms with Gasteiger partial charge in [-0.15, -0.1) is 10.2 Å². The Morgan fingerprint density at radius 3 is 2.77 bits per heavy atom. The predicted molar refractivity (Wildman–Crippen MR) is 97.9 cm³/mol. The molecule has 0 amide bonds. The number of pyridine rings is 1. The molecule has 6 nitrogen and oxygen atoms in total. The number of fused-ring (bicyclic) bond motifs is 1. The zero-order valence-electron chi connectivity index (χ0n) is 14.3. The van der Waals surface area contributed by atoms with Crippen molar-refractivity contribution in [1.29, 1.82) is 0 Å². The molecule has 4 heterocycles. The van der Waals surface area contributed by atoms with Crippen LogP contribution in [-0.4, -0.2) is 37.4 Å². The quantitative estimate of drug-likeness (QED) is 0.570. The topological polar surface area (TPSA) is 57.2 Å². The highest BCUT2D eigenvalue weighted by Gasteiger charge is 2.26. The van der Waals surface area contributed by atoms with Crippen LogP contribution >= 0.6 is 0 Å². The molecule has 1 aliphatic rings. The Morgan fingerprint density at radius 1 is 1.04 bits per heavy atom. The molecule has 1 atom stereocenters. The van der Waals surface area contributed by atoms with Crippen molar-refractivity contribution in [3.8, 4) is 11.3 Å². The van der Waals surface area contributed by atoms with E-state index in [1.54, 1.807) is 0 Å². The first kappa shape index (κ1) is 15.3. The average molecular weight is 345 g/mol. The van der Waals surface area contributed by atoms with Gasteiger partial charge in [-0.3, -0.25) is 4.40 Å². The van der Waals surface area contributed by atoms with Gasteiger partial charge in [0.1, 0.15) is 0 Å². The molecule has 26 heavy (non-hydrogen) atoms. The van der Waals surface area contributed by atoms with Crippen molar-refractivity contribution in [3.63, 3.8) is 0 Å². The number of rotatable bonds is 4. The molecule has 1 unspecified atom stereocenters. The second-order valence-corrected chi connectivity index (χ2v) is 6.58. The molecule has 0 radical (unpaired) electrons. The molecule has 6 heteroatoms. The van der Waals surface area contributed by atoms with Crippen LogP contribution < -0.4 is 0 Å². The van der Waals surface area contributed by atoms with E-state index in [2.05, 4.69) is 39.0 Å². The molecule has 1 aromatic carbocycles. The summed E-state index contributed by atoms with van der Waals surface area (Å²) >= 11 is 0. The molecule has 0 aliphatic carbocycles. The van der Waals surface area contributed by atoms with Crippen LogP contribution in [-0.2, 0) is 11.3 Å². The Labute approximate surface area is 151 Å². The molecule has 0 bridgehead atoms. The van der Waals surface area contributed by atoms with E-state index in [0.29, 0.717) is 12.5 Å². The SMILES string of the molecule is c1ccc(-c2ncn(Cc3nnc4ccccn34)c2C2CCOC2)cc1. The molecule has 0 N–H and O–H groups in total. The minimum Gasteiger partial charge on any atom is -0.381 e. The van der Waals surface area contributed by atoms with Crippen molar-refractivity contribution >= 4 is 5.65 Å². The molecule has 4 aromatic rings. The van der Waals surface area contributed by atoms with Gasteiger partial charge in [0.05, 0.1) is 30.9 Å². The van der Waals surface area contributed by atoms with Gasteiger partial charge in [0.25, 0.3) is 0 Å². The second-order valence-electron chi connectivity index (χ2n) is 6.58. The van der Waals surface area contributed by atoms with Gasteiger partial charge in [0.15, 0.2) is 11.5 Å². The van der Waals surface area contributed by atoms with Crippen LogP contribution in [0.3, 0.4) is 0 Å². The average Bonchev–Trinajstić information content (AvgIpc) is 3.43. The number of hydrogen-bond donors (Lipinski definition) is 0. The van der Waals surface area contributed by atoms with E-state index in [1.807, 2.05) is 41.2 Å². The fourth-order valence-electron chi connectivity index (χ4n) is 3.67. The second kappa shape index (κ2) is 6.38. The van der Waals surface area contributed by atoms with Crippen LogP contribution in [0.2, 0.25) is 0 Å². The smallest absolute Gasteiger partial charge is 0.160 e. The number of imidazole rings is 1. The Balaban J connectivity index is 1.59. The van der Waals surface area contributed by atoms with Crippen molar-refractivity contribution in [2.45, 2.75) is 18.9 Å². The van der Waals surface area contributed by atoms with Gasteiger partial charge in [-0.05, 0) is 18.6 Å². The summed E-state index contributed by atoms with van der Waals surface area (Å²) in [4.78, 5) is 4.74. The summed E-state index contributed by atoms with van der Waals surface area (Å²) in [6.45, 7) is 2.18. The highest BCUT2D eigenvalue weighted by Crippen LogP contribution is 2.33. The van der Waals surface area contributed by atoms with Gasteiger partial charge in [-0.1, -0.05) is 36.4 Å². The lowest BCUT2D eigenvalue weighted by atomic mass is 9.99. The van der Waals surface area contributed by atoms with E-state index < -0.39 is 0 Å². The molecular formula is C20H19N5O. The summed E-state index contributed by atoms with van der Waals surface area (Å²) in [5, 5.41) is 8.63. The largest absolute Gasteiger partial charge is 0.381 e. The molecule has 0 spiro atoms. The lowest BCUT2D eigenvalue weighted by molar-refractivity contribution is 0.193. The van der Waals surface area contributed by atoms with Crippen molar-refractivity contribution < 1.29 is 4.74 Å². The van der Waals surface area contributed by atoms with Crippen molar-refractivity contribution in [3.05, 3.63) is 72.6 Å². The lowest BCUT2D eigenvalue weighted by Crippen LogP contribution is -2.11. The Kier molecular flexibility index (Phi) is 3.75. The zero-order valence-corrected chi connectivity index (χ0v) is 14.3. The standard InChI is InChI=1S/C20H19N5O/c1-2-6-15(7-3-1)19-20(16-9-11-26-13-16)24(14-21-19)12-18-23-22-17-8-4-5-10-25(17)18/h1-8,10,14,16H,9,11-13H2. The lowest BCUT2D eigenvalue weighted by Gasteiger charge is -2.14. The van der Waals surface area contributed by atoms with Gasteiger partial charge >= 0.3 is 0 Å². The maximum atomic E-state index is 5.66. The molecule has 1 saturated heterocycles. The van der Waals surface area contributed by atoms with E-state index in [0.717, 1.165) is 42.4 Å². The molecular weight excluding hydrogens is 326 g/mol. The van der Waals surface area contributed by atoms with Crippen LogP contribution in [0.5, 0.6) is 0 Å². The first-order valence-electron chi connectivity index (χ1n) is 8.87. The van der Waals surface area contributed by atoms with Crippen LogP contribution in [0.15, 0.2) is 61.1 Å². The summed E-state index contributed by atoms with van der Waals surface area (Å²) in [6.07, 6.45) is 4.93. The maximum absolute atomic E-state index is 5.66. The van der Waals surface area contributed by atoms with Crippen LogP contribution in [0.1, 0.15) is 23.9 Å². The van der Waals surface area contributed by atoms with Crippen molar-refractivity contribution in [1.82, 2.24) is 24.1 Å². The number of ether oxygens (including phenoxy) is 1. The third-order valence-corrected chi connectivity index (χ3v) is 4.94. The minimum absolute atomic E-state index is 0.354. The van der Waals surface area contributed by atoms with Crippen molar-refractivity contribution in [2.75, 3.05) is 13.2 Å². The van der Waals surface area contributed by atoms with Gasteiger partial charge < -0.3 is 9.30 Å². The number of benzene rings is 1. The first-order chi connectivity index (χ1) is 12.9. The summed E-state index contributed by atoms with van der Waals surface area (Å²) in [6, 6.07) is 16.3. The van der Waals surface area contributed by atoms with Gasteiger partial charge in [-0.2, -0.15) is 0 Å². The molecule has 3 aromatic heterocycles. The summed E-state index contributed by atoms with van der Waals surface area (Å²) in [7, 11) is 0. The molecule has 5 rings (SSSR count). The van der Waals surface area contributed by atoms with Gasteiger partial charge in [-0.25, -0.2) is 4.98 Å². The predicted octanol–water partition coefficient (Wildman–Crippen LogP) is 3.15. The van der Waals surface area contributed by atoms with E-state index in [9.17, 15) is 0 Å². The highest BCUT2D eigenvalue weighted by atomic mass is 16.5. The van der Waals surface area contributed by atoms with E-state index in [-0.39, 0.29) is 0 Å². The molecule has 1 aliphatic heterocycles.